The zero-order valence-corrected chi connectivity index (χ0v) is 17.1. The highest BCUT2D eigenvalue weighted by Crippen LogP contribution is 2.23. The van der Waals surface area contributed by atoms with E-state index in [9.17, 15) is 13.2 Å². The van der Waals surface area contributed by atoms with Gasteiger partial charge in [0.05, 0.1) is 15.5 Å². The summed E-state index contributed by atoms with van der Waals surface area (Å²) in [5.41, 5.74) is 0.731. The van der Waals surface area contributed by atoms with E-state index in [0.29, 0.717) is 15.6 Å². The van der Waals surface area contributed by atoms with E-state index >= 15 is 0 Å². The lowest BCUT2D eigenvalue weighted by Gasteiger charge is -2.12. The summed E-state index contributed by atoms with van der Waals surface area (Å²) in [6.07, 6.45) is 0. The first-order valence-electron chi connectivity index (χ1n) is 7.64. The van der Waals surface area contributed by atoms with Crippen LogP contribution in [-0.4, -0.2) is 20.4 Å². The highest BCUT2D eigenvalue weighted by atomic mass is 35.5. The summed E-state index contributed by atoms with van der Waals surface area (Å²) in [5.74, 6) is -0.511. The van der Waals surface area contributed by atoms with Crippen LogP contribution in [0.4, 0.5) is 0 Å². The lowest BCUT2D eigenvalue weighted by molar-refractivity contribution is 0.0951. The van der Waals surface area contributed by atoms with Gasteiger partial charge in [-0.15, -0.1) is 0 Å². The van der Waals surface area contributed by atoms with Crippen molar-refractivity contribution >= 4 is 50.7 Å². The van der Waals surface area contributed by atoms with Gasteiger partial charge in [-0.25, -0.2) is 13.1 Å². The predicted molar refractivity (Wildman–Crippen MR) is 105 cm³/mol. The first kappa shape index (κ1) is 21.0. The van der Waals surface area contributed by atoms with Crippen LogP contribution in [0.3, 0.4) is 0 Å². The summed E-state index contributed by atoms with van der Waals surface area (Å²) in [4.78, 5) is 12.4. The molecule has 140 valence electrons. The number of sulfonamides is 1. The van der Waals surface area contributed by atoms with Crippen molar-refractivity contribution in [3.63, 3.8) is 0 Å². The molecule has 0 spiro atoms. The molecule has 0 aliphatic rings. The van der Waals surface area contributed by atoms with E-state index in [0.717, 1.165) is 0 Å². The summed E-state index contributed by atoms with van der Waals surface area (Å²) >= 11 is 18.0. The molecule has 0 fully saturated rings. The molecule has 0 heterocycles. The summed E-state index contributed by atoms with van der Waals surface area (Å²) in [6.45, 7) is 3.56. The molecule has 0 atom stereocenters. The smallest absolute Gasteiger partial charge is 0.253 e. The number of carbonyl (C=O) groups excluding carboxylic acids is 1. The Hall–Kier alpha value is -1.31. The molecule has 0 unspecified atom stereocenters. The van der Waals surface area contributed by atoms with Gasteiger partial charge in [-0.2, -0.15) is 0 Å². The molecule has 26 heavy (non-hydrogen) atoms. The van der Waals surface area contributed by atoms with Crippen LogP contribution in [0.5, 0.6) is 0 Å². The van der Waals surface area contributed by atoms with Gasteiger partial charge in [-0.1, -0.05) is 40.9 Å². The zero-order chi connectivity index (χ0) is 19.5. The van der Waals surface area contributed by atoms with Crippen molar-refractivity contribution in [2.75, 3.05) is 0 Å². The van der Waals surface area contributed by atoms with Crippen molar-refractivity contribution < 1.29 is 13.2 Å². The third-order valence-electron chi connectivity index (χ3n) is 3.34. The number of rotatable bonds is 6. The van der Waals surface area contributed by atoms with Gasteiger partial charge in [0.2, 0.25) is 10.0 Å². The van der Waals surface area contributed by atoms with Crippen LogP contribution in [0.2, 0.25) is 15.1 Å². The average Bonchev–Trinajstić information content (AvgIpc) is 2.52. The topological polar surface area (TPSA) is 75.3 Å². The Morgan fingerprint density at radius 3 is 2.35 bits per heavy atom. The summed E-state index contributed by atoms with van der Waals surface area (Å²) in [5, 5.41) is 3.72. The van der Waals surface area contributed by atoms with Gasteiger partial charge in [0.1, 0.15) is 0 Å². The van der Waals surface area contributed by atoms with Crippen LogP contribution < -0.4 is 10.0 Å². The quantitative estimate of drug-likeness (QED) is 0.712. The summed E-state index contributed by atoms with van der Waals surface area (Å²) < 4.78 is 27.0. The number of carbonyl (C=O) groups is 1. The number of hydrogen-bond donors (Lipinski definition) is 2. The maximum Gasteiger partial charge on any atom is 0.253 e. The predicted octanol–water partition coefficient (Wildman–Crippen LogP) is 4.26. The minimum Gasteiger partial charge on any atom is -0.348 e. The molecular formula is C17H17Cl3N2O3S. The van der Waals surface area contributed by atoms with Crippen molar-refractivity contribution in [1.29, 1.82) is 0 Å². The minimum absolute atomic E-state index is 0.0368. The Labute approximate surface area is 167 Å². The van der Waals surface area contributed by atoms with E-state index in [4.69, 9.17) is 34.8 Å². The minimum atomic E-state index is -3.74. The van der Waals surface area contributed by atoms with E-state index in [1.54, 1.807) is 32.0 Å². The fourth-order valence-corrected chi connectivity index (χ4v) is 4.12. The van der Waals surface area contributed by atoms with Gasteiger partial charge in [0.25, 0.3) is 5.91 Å². The Morgan fingerprint density at radius 1 is 1.04 bits per heavy atom. The second kappa shape index (κ2) is 8.59. The molecule has 0 saturated carbocycles. The highest BCUT2D eigenvalue weighted by Gasteiger charge is 2.19. The van der Waals surface area contributed by atoms with E-state index < -0.39 is 15.9 Å². The Bertz CT molecular complexity index is 931. The SMILES string of the molecule is CC(C)NS(=O)(=O)c1ccc(Cl)c(C(=O)NCc2ccc(Cl)cc2Cl)c1. The molecule has 2 aromatic rings. The number of amides is 1. The highest BCUT2D eigenvalue weighted by molar-refractivity contribution is 7.89. The Kier molecular flexibility index (Phi) is 6.93. The van der Waals surface area contributed by atoms with Gasteiger partial charge in [-0.05, 0) is 49.7 Å². The van der Waals surface area contributed by atoms with Gasteiger partial charge < -0.3 is 5.32 Å². The van der Waals surface area contributed by atoms with Gasteiger partial charge >= 0.3 is 0 Å². The Morgan fingerprint density at radius 2 is 1.73 bits per heavy atom. The second-order valence-corrected chi connectivity index (χ2v) is 8.80. The molecule has 2 rings (SSSR count). The van der Waals surface area contributed by atoms with Crippen molar-refractivity contribution in [2.24, 2.45) is 0 Å². The largest absolute Gasteiger partial charge is 0.348 e. The molecule has 0 radical (unpaired) electrons. The molecule has 2 aromatic carbocycles. The third kappa shape index (κ3) is 5.34. The molecule has 9 heteroatoms. The fraction of sp³-hybridized carbons (Fsp3) is 0.235. The maximum absolute atomic E-state index is 12.4. The van der Waals surface area contributed by atoms with E-state index in [2.05, 4.69) is 10.0 Å². The average molecular weight is 436 g/mol. The van der Waals surface area contributed by atoms with E-state index in [1.165, 1.54) is 18.2 Å². The standard InChI is InChI=1S/C17H17Cl3N2O3S/c1-10(2)22-26(24,25)13-5-6-15(19)14(8-13)17(23)21-9-11-3-4-12(18)7-16(11)20/h3-8,10,22H,9H2,1-2H3,(H,21,23). The molecule has 0 aliphatic carbocycles. The molecule has 0 bridgehead atoms. The molecular weight excluding hydrogens is 419 g/mol. The summed E-state index contributed by atoms with van der Waals surface area (Å²) in [7, 11) is -3.74. The third-order valence-corrected chi connectivity index (χ3v) is 5.91. The van der Waals surface area contributed by atoms with Crippen molar-refractivity contribution in [3.8, 4) is 0 Å². The first-order chi connectivity index (χ1) is 12.1. The molecule has 2 N–H and O–H groups in total. The number of hydrogen-bond acceptors (Lipinski definition) is 3. The molecule has 0 aliphatic heterocycles. The van der Waals surface area contributed by atoms with Gasteiger partial charge in [0, 0.05) is 22.6 Å². The van der Waals surface area contributed by atoms with Crippen molar-refractivity contribution in [2.45, 2.75) is 31.3 Å². The normalized spacial score (nSPS) is 11.6. The number of benzene rings is 2. The van der Waals surface area contributed by atoms with Crippen LogP contribution in [0, 0.1) is 0 Å². The molecule has 0 saturated heterocycles. The van der Waals surface area contributed by atoms with Gasteiger partial charge in [-0.3, -0.25) is 4.79 Å². The van der Waals surface area contributed by atoms with Crippen LogP contribution in [-0.2, 0) is 16.6 Å². The van der Waals surface area contributed by atoms with Crippen LogP contribution >= 0.6 is 34.8 Å². The van der Waals surface area contributed by atoms with Crippen molar-refractivity contribution in [1.82, 2.24) is 10.0 Å². The Balaban J connectivity index is 2.22. The van der Waals surface area contributed by atoms with E-state index in [1.807, 2.05) is 0 Å². The monoisotopic (exact) mass is 434 g/mol. The lowest BCUT2D eigenvalue weighted by atomic mass is 10.2. The van der Waals surface area contributed by atoms with Crippen LogP contribution in [0.1, 0.15) is 29.8 Å². The van der Waals surface area contributed by atoms with Gasteiger partial charge in [0.15, 0.2) is 0 Å². The first-order valence-corrected chi connectivity index (χ1v) is 10.3. The lowest BCUT2D eigenvalue weighted by Crippen LogP contribution is -2.30. The summed E-state index contributed by atoms with van der Waals surface area (Å²) in [6, 6.07) is 8.61. The second-order valence-electron chi connectivity index (χ2n) is 5.84. The molecule has 1 amide bonds. The number of nitrogens with one attached hydrogen (secondary N) is 2. The van der Waals surface area contributed by atoms with Crippen molar-refractivity contribution in [3.05, 3.63) is 62.6 Å². The molecule has 5 nitrogen and oxygen atoms in total. The maximum atomic E-state index is 12.4. The fourth-order valence-electron chi connectivity index (χ4n) is 2.16. The zero-order valence-electron chi connectivity index (χ0n) is 14.0. The number of halogens is 3. The molecule has 0 aromatic heterocycles. The van der Waals surface area contributed by atoms with Crippen LogP contribution in [0.15, 0.2) is 41.3 Å². The van der Waals surface area contributed by atoms with Crippen LogP contribution in [0.25, 0.3) is 0 Å². The van der Waals surface area contributed by atoms with E-state index in [-0.39, 0.29) is 28.1 Å².